The highest BCUT2D eigenvalue weighted by Gasteiger charge is 2.11. The summed E-state index contributed by atoms with van der Waals surface area (Å²) in [5, 5.41) is 1.28. The molecular weight excluding hydrogens is 223 g/mol. The van der Waals surface area contributed by atoms with Gasteiger partial charge in [-0.25, -0.2) is 4.98 Å². The lowest BCUT2D eigenvalue weighted by Gasteiger charge is -1.96. The zero-order chi connectivity index (χ0) is 10.3. The molecule has 1 N–H and O–H groups in total. The van der Waals surface area contributed by atoms with Crippen molar-refractivity contribution in [3.05, 3.63) is 28.0 Å². The topological polar surface area (TPSA) is 45.8 Å². The SMILES string of the molecule is CC(=O)c1c[nH]c2nc(Cl)c(Cl)cc12. The predicted molar refractivity (Wildman–Crippen MR) is 56.1 cm³/mol. The van der Waals surface area contributed by atoms with E-state index in [0.717, 1.165) is 0 Å². The number of ketones is 1. The Morgan fingerprint density at radius 1 is 1.50 bits per heavy atom. The summed E-state index contributed by atoms with van der Waals surface area (Å²) in [5.41, 5.74) is 1.15. The van der Waals surface area contributed by atoms with Crippen molar-refractivity contribution in [1.29, 1.82) is 0 Å². The summed E-state index contributed by atoms with van der Waals surface area (Å²) in [6.45, 7) is 1.49. The number of rotatable bonds is 1. The average Bonchev–Trinajstić information content (AvgIpc) is 2.48. The average molecular weight is 229 g/mol. The van der Waals surface area contributed by atoms with E-state index in [1.165, 1.54) is 6.92 Å². The first kappa shape index (κ1) is 9.49. The molecule has 0 atom stereocenters. The maximum Gasteiger partial charge on any atom is 0.162 e. The molecule has 5 heteroatoms. The second-order valence-electron chi connectivity index (χ2n) is 2.92. The van der Waals surface area contributed by atoms with E-state index in [0.29, 0.717) is 21.6 Å². The summed E-state index contributed by atoms with van der Waals surface area (Å²) in [7, 11) is 0. The summed E-state index contributed by atoms with van der Waals surface area (Å²) < 4.78 is 0. The third-order valence-electron chi connectivity index (χ3n) is 1.96. The van der Waals surface area contributed by atoms with Gasteiger partial charge in [0.05, 0.1) is 5.02 Å². The van der Waals surface area contributed by atoms with E-state index in [-0.39, 0.29) is 10.9 Å². The Balaban J connectivity index is 2.80. The fourth-order valence-corrected chi connectivity index (χ4v) is 1.58. The summed E-state index contributed by atoms with van der Waals surface area (Å²) in [6.07, 6.45) is 1.60. The van der Waals surface area contributed by atoms with Gasteiger partial charge in [0.15, 0.2) is 5.78 Å². The van der Waals surface area contributed by atoms with Crippen LogP contribution in [0.4, 0.5) is 0 Å². The first-order valence-electron chi connectivity index (χ1n) is 3.93. The van der Waals surface area contributed by atoms with Crippen LogP contribution in [0.2, 0.25) is 10.2 Å². The predicted octanol–water partition coefficient (Wildman–Crippen LogP) is 3.07. The monoisotopic (exact) mass is 228 g/mol. The van der Waals surface area contributed by atoms with Crippen LogP contribution in [0.1, 0.15) is 17.3 Å². The fraction of sp³-hybridized carbons (Fsp3) is 0.111. The molecule has 0 saturated carbocycles. The molecule has 0 unspecified atom stereocenters. The molecule has 3 nitrogen and oxygen atoms in total. The minimum Gasteiger partial charge on any atom is -0.345 e. The quantitative estimate of drug-likeness (QED) is 0.603. The van der Waals surface area contributed by atoms with Crippen LogP contribution in [0.15, 0.2) is 12.3 Å². The van der Waals surface area contributed by atoms with Crippen LogP contribution in [0.5, 0.6) is 0 Å². The standard InChI is InChI=1S/C9H6Cl2N2O/c1-4(14)6-3-12-9-5(6)2-7(10)8(11)13-9/h2-3H,1H3,(H,12,13). The number of carbonyl (C=O) groups excluding carboxylic acids is 1. The van der Waals surface area contributed by atoms with E-state index < -0.39 is 0 Å². The lowest BCUT2D eigenvalue weighted by molar-refractivity contribution is 0.101. The number of pyridine rings is 1. The lowest BCUT2D eigenvalue weighted by Crippen LogP contribution is -1.89. The number of aromatic amines is 1. The Kier molecular flexibility index (Phi) is 2.21. The van der Waals surface area contributed by atoms with Gasteiger partial charge in [-0.05, 0) is 13.0 Å². The third kappa shape index (κ3) is 1.38. The third-order valence-corrected chi connectivity index (χ3v) is 2.63. The van der Waals surface area contributed by atoms with Crippen LogP contribution >= 0.6 is 23.2 Å². The van der Waals surface area contributed by atoms with Crippen molar-refractivity contribution < 1.29 is 4.79 Å². The minimum atomic E-state index is -0.0311. The number of hydrogen-bond acceptors (Lipinski definition) is 2. The van der Waals surface area contributed by atoms with Gasteiger partial charge in [0.2, 0.25) is 0 Å². The Labute approximate surface area is 90.0 Å². The molecule has 0 spiro atoms. The Bertz CT molecular complexity index is 519. The van der Waals surface area contributed by atoms with Gasteiger partial charge in [0, 0.05) is 17.1 Å². The summed E-state index contributed by atoms with van der Waals surface area (Å²) in [4.78, 5) is 18.1. The molecule has 0 aromatic carbocycles. The second kappa shape index (κ2) is 3.26. The first-order chi connectivity index (χ1) is 6.59. The number of carbonyl (C=O) groups is 1. The Hall–Kier alpha value is -1.06. The lowest BCUT2D eigenvalue weighted by atomic mass is 10.1. The molecule has 0 amide bonds. The van der Waals surface area contributed by atoms with E-state index in [2.05, 4.69) is 9.97 Å². The van der Waals surface area contributed by atoms with E-state index >= 15 is 0 Å². The number of H-pyrrole nitrogens is 1. The molecule has 0 bridgehead atoms. The van der Waals surface area contributed by atoms with Crippen LogP contribution in [0, 0.1) is 0 Å². The van der Waals surface area contributed by atoms with Crippen LogP contribution in [0.25, 0.3) is 11.0 Å². The van der Waals surface area contributed by atoms with E-state index in [4.69, 9.17) is 23.2 Å². The zero-order valence-electron chi connectivity index (χ0n) is 7.27. The van der Waals surface area contributed by atoms with Crippen LogP contribution in [-0.4, -0.2) is 15.8 Å². The normalized spacial score (nSPS) is 10.8. The summed E-state index contributed by atoms with van der Waals surface area (Å²) in [6, 6.07) is 1.64. The smallest absolute Gasteiger partial charge is 0.162 e. The molecule has 0 aliphatic rings. The van der Waals surface area contributed by atoms with Gasteiger partial charge < -0.3 is 4.98 Å². The minimum absolute atomic E-state index is 0.0311. The van der Waals surface area contributed by atoms with E-state index in [1.807, 2.05) is 0 Å². The highest BCUT2D eigenvalue weighted by molar-refractivity contribution is 6.41. The Morgan fingerprint density at radius 2 is 2.21 bits per heavy atom. The van der Waals surface area contributed by atoms with E-state index in [9.17, 15) is 4.79 Å². The van der Waals surface area contributed by atoms with Crippen LogP contribution in [0.3, 0.4) is 0 Å². The maximum atomic E-state index is 11.2. The van der Waals surface area contributed by atoms with Crippen molar-refractivity contribution in [2.45, 2.75) is 6.92 Å². The molecule has 2 heterocycles. The summed E-state index contributed by atoms with van der Waals surface area (Å²) in [5.74, 6) is -0.0311. The Morgan fingerprint density at radius 3 is 2.86 bits per heavy atom. The molecule has 0 saturated heterocycles. The van der Waals surface area contributed by atoms with E-state index in [1.54, 1.807) is 12.3 Å². The number of nitrogens with zero attached hydrogens (tertiary/aromatic N) is 1. The van der Waals surface area contributed by atoms with Crippen molar-refractivity contribution in [2.75, 3.05) is 0 Å². The number of aromatic nitrogens is 2. The molecule has 72 valence electrons. The van der Waals surface area contributed by atoms with Gasteiger partial charge >= 0.3 is 0 Å². The molecule has 2 aromatic heterocycles. The van der Waals surface area contributed by atoms with Gasteiger partial charge in [-0.15, -0.1) is 0 Å². The number of Topliss-reactive ketones (excluding diaryl/α,β-unsaturated/α-hetero) is 1. The van der Waals surface area contributed by atoms with Crippen molar-refractivity contribution in [3.63, 3.8) is 0 Å². The van der Waals surface area contributed by atoms with Crippen molar-refractivity contribution in [1.82, 2.24) is 9.97 Å². The van der Waals surface area contributed by atoms with Gasteiger partial charge in [0.25, 0.3) is 0 Å². The number of halogens is 2. The molecule has 0 fully saturated rings. The van der Waals surface area contributed by atoms with Crippen molar-refractivity contribution in [3.8, 4) is 0 Å². The molecule has 0 radical (unpaired) electrons. The molecule has 0 aliphatic carbocycles. The van der Waals surface area contributed by atoms with Crippen molar-refractivity contribution in [2.24, 2.45) is 0 Å². The molecule has 2 aromatic rings. The molecule has 2 rings (SSSR count). The zero-order valence-corrected chi connectivity index (χ0v) is 8.78. The van der Waals surface area contributed by atoms with Crippen LogP contribution < -0.4 is 0 Å². The summed E-state index contributed by atoms with van der Waals surface area (Å²) >= 11 is 11.5. The van der Waals surface area contributed by atoms with Crippen LogP contribution in [-0.2, 0) is 0 Å². The highest BCUT2D eigenvalue weighted by atomic mass is 35.5. The number of nitrogens with one attached hydrogen (secondary N) is 1. The molecule has 14 heavy (non-hydrogen) atoms. The fourth-order valence-electron chi connectivity index (χ4n) is 1.29. The van der Waals surface area contributed by atoms with Gasteiger partial charge in [-0.3, -0.25) is 4.79 Å². The van der Waals surface area contributed by atoms with Crippen molar-refractivity contribution >= 4 is 40.0 Å². The number of fused-ring (bicyclic) bond motifs is 1. The maximum absolute atomic E-state index is 11.2. The van der Waals surface area contributed by atoms with Gasteiger partial charge in [-0.1, -0.05) is 23.2 Å². The highest BCUT2D eigenvalue weighted by Crippen LogP contribution is 2.26. The first-order valence-corrected chi connectivity index (χ1v) is 4.69. The largest absolute Gasteiger partial charge is 0.345 e. The number of hydrogen-bond donors (Lipinski definition) is 1. The van der Waals surface area contributed by atoms with Gasteiger partial charge in [-0.2, -0.15) is 0 Å². The molecular formula is C9H6Cl2N2O. The molecule has 0 aliphatic heterocycles. The van der Waals surface area contributed by atoms with Gasteiger partial charge in [0.1, 0.15) is 10.8 Å². The second-order valence-corrected chi connectivity index (χ2v) is 3.68.